The van der Waals surface area contributed by atoms with Crippen molar-refractivity contribution < 1.29 is 33.0 Å². The molecule has 0 radical (unpaired) electrons. The van der Waals surface area contributed by atoms with Crippen LogP contribution in [0.15, 0.2) is 48.5 Å². The van der Waals surface area contributed by atoms with Gasteiger partial charge in [0, 0.05) is 6.61 Å². The van der Waals surface area contributed by atoms with E-state index in [1.54, 1.807) is 0 Å². The third kappa shape index (κ3) is 2.67. The van der Waals surface area contributed by atoms with Gasteiger partial charge in [-0.15, -0.1) is 10.9 Å². The minimum Gasteiger partial charge on any atom is -0.555 e. The van der Waals surface area contributed by atoms with Gasteiger partial charge in [0.15, 0.2) is 0 Å². The van der Waals surface area contributed by atoms with Gasteiger partial charge in [0.1, 0.15) is 12.4 Å². The van der Waals surface area contributed by atoms with E-state index in [9.17, 15) is 5.02 Å². The van der Waals surface area contributed by atoms with Crippen LogP contribution in [0.2, 0.25) is 0 Å². The first kappa shape index (κ1) is 18.1. The molecule has 7 atom stereocenters. The molecule has 0 saturated carbocycles. The van der Waals surface area contributed by atoms with Gasteiger partial charge in [0.05, 0.1) is 18.3 Å². The van der Waals surface area contributed by atoms with Crippen LogP contribution in [0.5, 0.6) is 0 Å². The first-order valence-corrected chi connectivity index (χ1v) is 10.1. The molecule has 152 valence electrons. The lowest BCUT2D eigenvalue weighted by Crippen LogP contribution is -2.63. The normalized spacial score (nSPS) is 42.7. The number of hydrogen-bond donors (Lipinski definition) is 1. The van der Waals surface area contributed by atoms with E-state index in [0.717, 1.165) is 16.6 Å². The second kappa shape index (κ2) is 6.15. The summed E-state index contributed by atoms with van der Waals surface area (Å²) in [6, 6.07) is 15.4. The molecular weight excluding hydrogens is 374 g/mol. The molecule has 0 aliphatic carbocycles. The molecule has 0 aromatic heterocycles. The highest BCUT2D eigenvalue weighted by atomic mass is 16.9. The van der Waals surface area contributed by atoms with Gasteiger partial charge in [0.2, 0.25) is 0 Å². The average Bonchev–Trinajstić information content (AvgIpc) is 3.34. The van der Waals surface area contributed by atoms with Crippen molar-refractivity contribution in [2.24, 2.45) is 0 Å². The summed E-state index contributed by atoms with van der Waals surface area (Å²) in [5, 5.41) is 11.0. The van der Waals surface area contributed by atoms with Crippen molar-refractivity contribution >= 4 is 24.4 Å². The Morgan fingerprint density at radius 1 is 0.759 bits per heavy atom. The summed E-state index contributed by atoms with van der Waals surface area (Å²) in [4.78, 5) is 0. The van der Waals surface area contributed by atoms with Crippen LogP contribution in [0.3, 0.4) is 0 Å². The zero-order chi connectivity index (χ0) is 19.8. The Morgan fingerprint density at radius 2 is 1.41 bits per heavy atom. The molecule has 6 rings (SSSR count). The summed E-state index contributed by atoms with van der Waals surface area (Å²) in [7, 11) is 0. The third-order valence-corrected chi connectivity index (χ3v) is 6.39. The van der Waals surface area contributed by atoms with Crippen LogP contribution in [0.4, 0.5) is 0 Å². The highest BCUT2D eigenvalue weighted by molar-refractivity contribution is 6.76. The van der Waals surface area contributed by atoms with Crippen molar-refractivity contribution in [1.82, 2.24) is 0 Å². The van der Waals surface area contributed by atoms with Crippen molar-refractivity contribution in [1.29, 1.82) is 0 Å². The molecule has 0 spiro atoms. The molecule has 4 aliphatic heterocycles. The van der Waals surface area contributed by atoms with Gasteiger partial charge in [-0.05, 0) is 13.8 Å². The number of fused-ring (bicyclic) bond motifs is 6. The molecule has 0 amide bonds. The second-order valence-corrected chi connectivity index (χ2v) is 8.45. The molecule has 2 aromatic rings. The van der Waals surface area contributed by atoms with Gasteiger partial charge in [-0.1, -0.05) is 59.7 Å². The Kier molecular flexibility index (Phi) is 3.84. The molecule has 29 heavy (non-hydrogen) atoms. The van der Waals surface area contributed by atoms with Crippen LogP contribution >= 0.6 is 0 Å². The minimum atomic E-state index is -2.64. The van der Waals surface area contributed by atoms with E-state index >= 15 is 0 Å². The summed E-state index contributed by atoms with van der Waals surface area (Å²) in [6.07, 6.45) is -2.38. The van der Waals surface area contributed by atoms with E-state index in [-0.39, 0.29) is 12.2 Å². The van der Waals surface area contributed by atoms with Crippen molar-refractivity contribution in [2.45, 2.75) is 44.6 Å². The molecule has 2 bridgehead atoms. The number of benzene rings is 2. The van der Waals surface area contributed by atoms with E-state index in [0.29, 0.717) is 12.1 Å². The quantitative estimate of drug-likeness (QED) is 0.730. The Bertz CT molecular complexity index is 939. The van der Waals surface area contributed by atoms with Gasteiger partial charge in [-0.2, -0.15) is 0 Å². The smallest absolute Gasteiger partial charge is 0.410 e. The van der Waals surface area contributed by atoms with Crippen molar-refractivity contribution in [3.8, 4) is 0 Å². The fourth-order valence-corrected chi connectivity index (χ4v) is 4.79. The summed E-state index contributed by atoms with van der Waals surface area (Å²) in [5.74, 6) is 0. The fraction of sp³-hybridized carbons (Fsp3) is 0.400. The van der Waals surface area contributed by atoms with Gasteiger partial charge in [-0.3, -0.25) is 0 Å². The zero-order valence-corrected chi connectivity index (χ0v) is 16.3. The molecular formula is C20H22B2O7-2. The lowest BCUT2D eigenvalue weighted by molar-refractivity contribution is -0.126. The molecule has 9 heteroatoms. The number of hydrogen-bond acceptors (Lipinski definition) is 7. The largest absolute Gasteiger partial charge is 0.555 e. The van der Waals surface area contributed by atoms with E-state index < -0.39 is 32.0 Å². The molecule has 1 unspecified atom stereocenters. The van der Waals surface area contributed by atoms with E-state index in [1.165, 1.54) is 0 Å². The highest BCUT2D eigenvalue weighted by Gasteiger charge is 2.62. The van der Waals surface area contributed by atoms with E-state index in [1.807, 2.05) is 62.4 Å². The van der Waals surface area contributed by atoms with Crippen LogP contribution in [-0.4, -0.2) is 55.8 Å². The van der Waals surface area contributed by atoms with E-state index in [2.05, 4.69) is 0 Å². The second-order valence-electron chi connectivity index (χ2n) is 8.45. The number of ether oxygens (including phenoxy) is 1. The van der Waals surface area contributed by atoms with Gasteiger partial charge in [0.25, 0.3) is 0 Å². The molecule has 4 aliphatic rings. The topological polar surface area (TPSA) is 75.6 Å². The Morgan fingerprint density at radius 3 is 2.10 bits per heavy atom. The predicted octanol–water partition coefficient (Wildman–Crippen LogP) is 0.242. The molecule has 2 aromatic carbocycles. The lowest BCUT2D eigenvalue weighted by Gasteiger charge is -2.47. The van der Waals surface area contributed by atoms with Gasteiger partial charge < -0.3 is 33.0 Å². The van der Waals surface area contributed by atoms with Crippen molar-refractivity contribution in [2.75, 3.05) is 6.61 Å². The summed E-state index contributed by atoms with van der Waals surface area (Å²) < 4.78 is 36.5. The molecule has 1 N–H and O–H groups in total. The fourth-order valence-electron chi connectivity index (χ4n) is 4.79. The predicted molar refractivity (Wildman–Crippen MR) is 106 cm³/mol. The maximum atomic E-state index is 11.0. The Labute approximate surface area is 168 Å². The van der Waals surface area contributed by atoms with Crippen LogP contribution < -0.4 is 10.9 Å². The summed E-state index contributed by atoms with van der Waals surface area (Å²) in [5.41, 5.74) is 3.66. The lowest BCUT2D eigenvalue weighted by atomic mass is 9.68. The zero-order valence-electron chi connectivity index (χ0n) is 16.3. The maximum absolute atomic E-state index is 11.0. The maximum Gasteiger partial charge on any atom is 0.410 e. The average molecular weight is 396 g/mol. The summed E-state index contributed by atoms with van der Waals surface area (Å²) in [6.45, 7) is -0.336. The van der Waals surface area contributed by atoms with E-state index in [4.69, 9.17) is 28.0 Å². The first-order valence-electron chi connectivity index (χ1n) is 10.1. The van der Waals surface area contributed by atoms with Gasteiger partial charge in [-0.25, -0.2) is 0 Å². The van der Waals surface area contributed by atoms with Crippen LogP contribution in [0.1, 0.15) is 11.1 Å². The van der Waals surface area contributed by atoms with Crippen molar-refractivity contribution in [3.05, 3.63) is 59.7 Å². The minimum absolute atomic E-state index is 0.271. The van der Waals surface area contributed by atoms with Crippen LogP contribution in [0.25, 0.3) is 0 Å². The van der Waals surface area contributed by atoms with Gasteiger partial charge >= 0.3 is 13.5 Å². The third-order valence-electron chi connectivity index (χ3n) is 6.39. The summed E-state index contributed by atoms with van der Waals surface area (Å²) >= 11 is 0. The SMILES string of the molecule is Cc1ccc([B-]23OC[C@@H](O2)[C@H]2O[C@@H]4O[B@@-](O)(c5ccc(C)cc5)O[C@@H]4[C@H]2O3)cc1. The Hall–Kier alpha value is -1.71. The standard InChI is InChI=1S/C20H22B2O7/c1-12-3-7-14(8-4-12)21(23)27-19-18-17(25-20(19)29-21)16-11-24-22(26-16,28-18)15-9-5-13(2)6-10-15/h3-10,16-20,23H,11H2,1-2H3/q-2/t16-,17-,18+,19-,20-,21-,22?/m1/s1. The molecule has 4 saturated heterocycles. The van der Waals surface area contributed by atoms with Crippen LogP contribution in [-0.2, 0) is 28.0 Å². The molecule has 7 nitrogen and oxygen atoms in total. The highest BCUT2D eigenvalue weighted by Crippen LogP contribution is 2.44. The monoisotopic (exact) mass is 396 g/mol. The molecule has 4 heterocycles. The van der Waals surface area contributed by atoms with Crippen molar-refractivity contribution in [3.63, 3.8) is 0 Å². The number of rotatable bonds is 2. The Balaban J connectivity index is 1.29. The molecule has 4 fully saturated rings. The number of aryl methyl sites for hydroxylation is 2. The first-order chi connectivity index (χ1) is 14.0. The van der Waals surface area contributed by atoms with Crippen LogP contribution in [0, 0.1) is 13.8 Å².